The third kappa shape index (κ3) is 6.59. The average molecular weight is 518 g/mol. The summed E-state index contributed by atoms with van der Waals surface area (Å²) in [6, 6.07) is 11.6. The number of para-hydroxylation sites is 1. The fraction of sp³-hybridized carbons (Fsp3) is 0.423. The molecule has 2 heterocycles. The normalized spacial score (nSPS) is 18.9. The van der Waals surface area contributed by atoms with Gasteiger partial charge >= 0.3 is 6.18 Å². The van der Waals surface area contributed by atoms with E-state index in [1.165, 1.54) is 11.0 Å². The third-order valence-corrected chi connectivity index (χ3v) is 6.72. The third-order valence-electron chi connectivity index (χ3n) is 6.72. The van der Waals surface area contributed by atoms with Crippen molar-refractivity contribution in [1.29, 1.82) is 0 Å². The van der Waals surface area contributed by atoms with Crippen molar-refractivity contribution in [2.45, 2.75) is 25.6 Å². The number of hydrogen-bond donors (Lipinski definition) is 2. The number of piperazine rings is 2. The van der Waals surface area contributed by atoms with Gasteiger partial charge in [0.15, 0.2) is 0 Å². The molecule has 0 saturated carbocycles. The second-order valence-corrected chi connectivity index (χ2v) is 9.27. The minimum absolute atomic E-state index is 0.0691. The number of amides is 3. The van der Waals surface area contributed by atoms with E-state index in [4.69, 9.17) is 0 Å². The van der Waals surface area contributed by atoms with Crippen LogP contribution in [0, 0.1) is 6.92 Å². The van der Waals surface area contributed by atoms with Gasteiger partial charge in [0, 0.05) is 50.6 Å². The Kier molecular flexibility index (Phi) is 8.01. The summed E-state index contributed by atoms with van der Waals surface area (Å²) in [6.45, 7) is 4.46. The van der Waals surface area contributed by atoms with E-state index >= 15 is 0 Å². The highest BCUT2D eigenvalue weighted by molar-refractivity contribution is 5.98. The molecule has 0 radical (unpaired) electrons. The first-order chi connectivity index (χ1) is 17.6. The number of anilines is 2. The van der Waals surface area contributed by atoms with E-state index in [-0.39, 0.29) is 30.7 Å². The fourth-order valence-corrected chi connectivity index (χ4v) is 4.63. The number of benzene rings is 2. The Hall–Kier alpha value is -3.60. The number of alkyl halides is 3. The Labute approximate surface area is 213 Å². The van der Waals surface area contributed by atoms with Gasteiger partial charge in [-0.3, -0.25) is 19.3 Å². The minimum atomic E-state index is -4.40. The SMILES string of the molecule is Cc1ccccc1NC(=O)CC1C(=O)NCCN1C(=O)CN1CCN(c2cccc(C(F)(F)F)c2)CC1. The lowest BCUT2D eigenvalue weighted by Gasteiger charge is -2.39. The smallest absolute Gasteiger partial charge is 0.369 e. The zero-order valence-corrected chi connectivity index (χ0v) is 20.6. The van der Waals surface area contributed by atoms with E-state index in [0.29, 0.717) is 50.6 Å². The van der Waals surface area contributed by atoms with E-state index in [1.54, 1.807) is 18.2 Å². The maximum atomic E-state index is 13.2. The second-order valence-electron chi connectivity index (χ2n) is 9.27. The van der Waals surface area contributed by atoms with E-state index < -0.39 is 17.8 Å². The van der Waals surface area contributed by atoms with Gasteiger partial charge in [0.2, 0.25) is 17.7 Å². The highest BCUT2D eigenvalue weighted by atomic mass is 19.4. The molecule has 2 saturated heterocycles. The Balaban J connectivity index is 1.33. The first kappa shape index (κ1) is 26.5. The number of rotatable bonds is 6. The van der Waals surface area contributed by atoms with Crippen LogP contribution in [0.3, 0.4) is 0 Å². The van der Waals surface area contributed by atoms with E-state index in [2.05, 4.69) is 10.6 Å². The quantitative estimate of drug-likeness (QED) is 0.615. The average Bonchev–Trinajstić information content (AvgIpc) is 2.86. The van der Waals surface area contributed by atoms with Crippen LogP contribution in [0.5, 0.6) is 0 Å². The summed E-state index contributed by atoms with van der Waals surface area (Å²) in [6.07, 6.45) is -4.56. The van der Waals surface area contributed by atoms with Gasteiger partial charge in [-0.05, 0) is 36.8 Å². The van der Waals surface area contributed by atoms with Gasteiger partial charge in [0.25, 0.3) is 0 Å². The van der Waals surface area contributed by atoms with Crippen LogP contribution in [0.15, 0.2) is 48.5 Å². The highest BCUT2D eigenvalue weighted by Gasteiger charge is 2.36. The Morgan fingerprint density at radius 1 is 1.03 bits per heavy atom. The van der Waals surface area contributed by atoms with Crippen LogP contribution in [0.4, 0.5) is 24.5 Å². The molecule has 198 valence electrons. The lowest BCUT2D eigenvalue weighted by atomic mass is 10.1. The van der Waals surface area contributed by atoms with Crippen LogP contribution in [-0.4, -0.2) is 79.4 Å². The summed E-state index contributed by atoms with van der Waals surface area (Å²) < 4.78 is 39.2. The molecular weight excluding hydrogens is 487 g/mol. The predicted octanol–water partition coefficient (Wildman–Crippen LogP) is 2.49. The molecule has 2 aliphatic rings. The van der Waals surface area contributed by atoms with Gasteiger partial charge in [0.05, 0.1) is 18.5 Å². The Morgan fingerprint density at radius 3 is 2.46 bits per heavy atom. The monoisotopic (exact) mass is 517 g/mol. The van der Waals surface area contributed by atoms with Gasteiger partial charge in [-0.15, -0.1) is 0 Å². The first-order valence-electron chi connectivity index (χ1n) is 12.2. The minimum Gasteiger partial charge on any atom is -0.369 e. The number of carbonyl (C=O) groups is 3. The molecule has 0 aromatic heterocycles. The van der Waals surface area contributed by atoms with E-state index in [9.17, 15) is 27.6 Å². The number of carbonyl (C=O) groups excluding carboxylic acids is 3. The molecule has 3 amide bonds. The van der Waals surface area contributed by atoms with Crippen molar-refractivity contribution in [3.63, 3.8) is 0 Å². The van der Waals surface area contributed by atoms with Crippen molar-refractivity contribution in [1.82, 2.24) is 15.1 Å². The standard InChI is InChI=1S/C26H30F3N5O3/c1-18-5-2-3-8-21(18)31-23(35)16-22-25(37)30-9-10-34(22)24(36)17-32-11-13-33(14-12-32)20-7-4-6-19(15-20)26(27,28)29/h2-8,15,22H,9-14,16-17H2,1H3,(H,30,37)(H,31,35). The second kappa shape index (κ2) is 11.2. The zero-order chi connectivity index (χ0) is 26.6. The Morgan fingerprint density at radius 2 is 1.76 bits per heavy atom. The van der Waals surface area contributed by atoms with Gasteiger partial charge in [-0.2, -0.15) is 13.2 Å². The zero-order valence-electron chi connectivity index (χ0n) is 20.6. The van der Waals surface area contributed by atoms with Crippen LogP contribution in [0.25, 0.3) is 0 Å². The number of nitrogens with one attached hydrogen (secondary N) is 2. The lowest BCUT2D eigenvalue weighted by molar-refractivity contribution is -0.145. The van der Waals surface area contributed by atoms with Crippen LogP contribution in [0.2, 0.25) is 0 Å². The summed E-state index contributed by atoms with van der Waals surface area (Å²) >= 11 is 0. The molecule has 2 aromatic carbocycles. The maximum absolute atomic E-state index is 13.2. The molecule has 37 heavy (non-hydrogen) atoms. The molecule has 1 unspecified atom stereocenters. The highest BCUT2D eigenvalue weighted by Crippen LogP contribution is 2.32. The summed E-state index contributed by atoms with van der Waals surface area (Å²) in [5.41, 5.74) is 1.35. The molecule has 0 bridgehead atoms. The van der Waals surface area contributed by atoms with Crippen molar-refractivity contribution < 1.29 is 27.6 Å². The van der Waals surface area contributed by atoms with Crippen molar-refractivity contribution in [2.75, 3.05) is 56.0 Å². The van der Waals surface area contributed by atoms with E-state index in [1.807, 2.05) is 28.9 Å². The topological polar surface area (TPSA) is 85.0 Å². The predicted molar refractivity (Wildman–Crippen MR) is 133 cm³/mol. The summed E-state index contributed by atoms with van der Waals surface area (Å²) in [5.74, 6) is -0.978. The summed E-state index contributed by atoms with van der Waals surface area (Å²) in [5, 5.41) is 5.54. The molecule has 2 N–H and O–H groups in total. The number of halogens is 3. The van der Waals surface area contributed by atoms with Crippen LogP contribution < -0.4 is 15.5 Å². The van der Waals surface area contributed by atoms with Gasteiger partial charge in [-0.1, -0.05) is 24.3 Å². The van der Waals surface area contributed by atoms with Crippen molar-refractivity contribution >= 4 is 29.1 Å². The fourth-order valence-electron chi connectivity index (χ4n) is 4.63. The van der Waals surface area contributed by atoms with Crippen molar-refractivity contribution in [3.8, 4) is 0 Å². The number of aryl methyl sites for hydroxylation is 1. The molecule has 4 rings (SSSR count). The Bertz CT molecular complexity index is 1150. The van der Waals surface area contributed by atoms with Crippen LogP contribution in [0.1, 0.15) is 17.5 Å². The molecule has 2 aliphatic heterocycles. The molecule has 0 aliphatic carbocycles. The largest absolute Gasteiger partial charge is 0.416 e. The van der Waals surface area contributed by atoms with Crippen molar-refractivity contribution in [3.05, 3.63) is 59.7 Å². The molecule has 0 spiro atoms. The van der Waals surface area contributed by atoms with Gasteiger partial charge < -0.3 is 20.4 Å². The van der Waals surface area contributed by atoms with Crippen LogP contribution in [-0.2, 0) is 20.6 Å². The summed E-state index contributed by atoms with van der Waals surface area (Å²) in [4.78, 5) is 43.6. The molecule has 8 nitrogen and oxygen atoms in total. The molecule has 11 heteroatoms. The van der Waals surface area contributed by atoms with Gasteiger partial charge in [0.1, 0.15) is 6.04 Å². The number of nitrogens with zero attached hydrogens (tertiary/aromatic N) is 3. The summed E-state index contributed by atoms with van der Waals surface area (Å²) in [7, 11) is 0. The van der Waals surface area contributed by atoms with E-state index in [0.717, 1.165) is 17.7 Å². The molecule has 1 atom stereocenters. The molecular formula is C26H30F3N5O3. The van der Waals surface area contributed by atoms with Crippen molar-refractivity contribution in [2.24, 2.45) is 0 Å². The first-order valence-corrected chi connectivity index (χ1v) is 12.2. The van der Waals surface area contributed by atoms with Gasteiger partial charge in [-0.25, -0.2) is 0 Å². The number of hydrogen-bond acceptors (Lipinski definition) is 5. The maximum Gasteiger partial charge on any atom is 0.416 e. The van der Waals surface area contributed by atoms with Crippen LogP contribution >= 0.6 is 0 Å². The molecule has 2 fully saturated rings. The lowest BCUT2D eigenvalue weighted by Crippen LogP contribution is -2.60. The molecule has 2 aromatic rings.